The number of rotatable bonds is 2. The van der Waals surface area contributed by atoms with Gasteiger partial charge in [0.25, 0.3) is 0 Å². The van der Waals surface area contributed by atoms with Gasteiger partial charge in [0, 0.05) is 16.4 Å². The smallest absolute Gasteiger partial charge is 0.196 e. The van der Waals surface area contributed by atoms with Crippen molar-refractivity contribution in [3.05, 3.63) is 35.3 Å². The summed E-state index contributed by atoms with van der Waals surface area (Å²) < 4.78 is 7.48. The van der Waals surface area contributed by atoms with Crippen molar-refractivity contribution in [2.24, 2.45) is 0 Å². The first-order valence-corrected chi connectivity index (χ1v) is 7.70. The number of ether oxygens (including phenoxy) is 1. The van der Waals surface area contributed by atoms with Crippen LogP contribution >= 0.6 is 11.3 Å². The molecule has 4 nitrogen and oxygen atoms in total. The van der Waals surface area contributed by atoms with E-state index in [0.29, 0.717) is 5.82 Å². The van der Waals surface area contributed by atoms with Crippen molar-refractivity contribution in [2.45, 2.75) is 26.2 Å². The third kappa shape index (κ3) is 2.17. The first kappa shape index (κ1) is 13.9. The molecule has 0 amide bonds. The van der Waals surface area contributed by atoms with Crippen molar-refractivity contribution >= 4 is 22.1 Å². The van der Waals surface area contributed by atoms with Crippen LogP contribution in [-0.4, -0.2) is 16.5 Å². The number of thiazole rings is 1. The van der Waals surface area contributed by atoms with Gasteiger partial charge in [0.05, 0.1) is 18.5 Å². The van der Waals surface area contributed by atoms with Crippen LogP contribution in [0.5, 0.6) is 5.75 Å². The first-order valence-electron chi connectivity index (χ1n) is 6.82. The van der Waals surface area contributed by atoms with Crippen molar-refractivity contribution in [2.75, 3.05) is 12.8 Å². The Bertz CT molecular complexity index is 796. The molecular weight excluding hydrogens is 282 g/mol. The molecule has 0 spiro atoms. The third-order valence-electron chi connectivity index (χ3n) is 3.49. The molecule has 0 atom stereocenters. The highest BCUT2D eigenvalue weighted by Gasteiger charge is 2.25. The second-order valence-corrected chi connectivity index (χ2v) is 6.87. The minimum absolute atomic E-state index is 0.0755. The Morgan fingerprint density at radius 2 is 1.95 bits per heavy atom. The summed E-state index contributed by atoms with van der Waals surface area (Å²) in [4.78, 5) is 5.62. The first-order chi connectivity index (χ1) is 9.93. The van der Waals surface area contributed by atoms with Gasteiger partial charge < -0.3 is 10.5 Å². The maximum Gasteiger partial charge on any atom is 0.196 e. The highest BCUT2D eigenvalue weighted by atomic mass is 32.1. The number of para-hydroxylation sites is 1. The van der Waals surface area contributed by atoms with E-state index in [1.807, 2.05) is 28.7 Å². The molecule has 2 N–H and O–H groups in total. The maximum absolute atomic E-state index is 6.37. The standard InChI is InChI=1S/C16H19N3OS/c1-16(2,3)13-14(17)19-11(9-21-15(19)18-13)10-7-5-6-8-12(10)20-4/h5-9H,17H2,1-4H3. The van der Waals surface area contributed by atoms with E-state index in [0.717, 1.165) is 27.7 Å². The number of methoxy groups -OCH3 is 1. The van der Waals surface area contributed by atoms with Gasteiger partial charge in [-0.15, -0.1) is 11.3 Å². The molecule has 110 valence electrons. The van der Waals surface area contributed by atoms with Crippen molar-refractivity contribution in [1.82, 2.24) is 9.38 Å². The average Bonchev–Trinajstić information content (AvgIpc) is 2.99. The number of hydrogen-bond donors (Lipinski definition) is 1. The summed E-state index contributed by atoms with van der Waals surface area (Å²) in [7, 11) is 1.68. The van der Waals surface area contributed by atoms with Gasteiger partial charge in [0.2, 0.25) is 0 Å². The van der Waals surface area contributed by atoms with Crippen LogP contribution in [0.1, 0.15) is 26.5 Å². The monoisotopic (exact) mass is 301 g/mol. The van der Waals surface area contributed by atoms with Crippen molar-refractivity contribution < 1.29 is 4.74 Å². The zero-order chi connectivity index (χ0) is 15.2. The van der Waals surface area contributed by atoms with Crippen molar-refractivity contribution in [1.29, 1.82) is 0 Å². The number of nitrogens with two attached hydrogens (primary N) is 1. The molecule has 0 radical (unpaired) electrons. The molecule has 21 heavy (non-hydrogen) atoms. The molecule has 1 aromatic carbocycles. The van der Waals surface area contributed by atoms with E-state index in [-0.39, 0.29) is 5.41 Å². The van der Waals surface area contributed by atoms with E-state index in [9.17, 15) is 0 Å². The number of anilines is 1. The zero-order valence-electron chi connectivity index (χ0n) is 12.7. The van der Waals surface area contributed by atoms with Crippen LogP contribution in [0, 0.1) is 0 Å². The molecule has 0 unspecified atom stereocenters. The summed E-state index contributed by atoms with van der Waals surface area (Å²) in [6.07, 6.45) is 0. The number of nitrogen functional groups attached to an aromatic ring is 1. The Balaban J connectivity index is 2.28. The predicted molar refractivity (Wildman–Crippen MR) is 88.2 cm³/mol. The topological polar surface area (TPSA) is 52.5 Å². The SMILES string of the molecule is COc1ccccc1-c1csc2nc(C(C)(C)C)c(N)n12. The normalized spacial score (nSPS) is 12.0. The Hall–Kier alpha value is -2.01. The number of hydrogen-bond acceptors (Lipinski definition) is 4. The predicted octanol–water partition coefficient (Wildman–Crippen LogP) is 3.95. The number of fused-ring (bicyclic) bond motifs is 1. The summed E-state index contributed by atoms with van der Waals surface area (Å²) in [5.74, 6) is 1.54. The summed E-state index contributed by atoms with van der Waals surface area (Å²) in [6, 6.07) is 7.95. The van der Waals surface area contributed by atoms with Crippen molar-refractivity contribution in [3.63, 3.8) is 0 Å². The minimum Gasteiger partial charge on any atom is -0.496 e. The lowest BCUT2D eigenvalue weighted by Crippen LogP contribution is -2.14. The lowest BCUT2D eigenvalue weighted by Gasteiger charge is -2.16. The Morgan fingerprint density at radius 3 is 2.62 bits per heavy atom. The molecule has 0 aliphatic heterocycles. The number of aromatic nitrogens is 2. The molecule has 0 fully saturated rings. The summed E-state index contributed by atoms with van der Waals surface area (Å²) in [5.41, 5.74) is 9.27. The molecule has 0 bridgehead atoms. The Labute approximate surface area is 128 Å². The summed E-state index contributed by atoms with van der Waals surface area (Å²) in [5, 5.41) is 2.07. The molecule has 0 saturated carbocycles. The van der Waals surface area contributed by atoms with Gasteiger partial charge in [-0.2, -0.15) is 0 Å². The number of nitrogens with zero attached hydrogens (tertiary/aromatic N) is 2. The lowest BCUT2D eigenvalue weighted by atomic mass is 9.92. The average molecular weight is 301 g/mol. The number of imidazole rings is 1. The molecule has 0 aliphatic rings. The maximum atomic E-state index is 6.37. The second-order valence-electron chi connectivity index (χ2n) is 6.03. The molecular formula is C16H19N3OS. The molecule has 2 aromatic heterocycles. The van der Waals surface area contributed by atoms with Gasteiger partial charge in [-0.25, -0.2) is 4.98 Å². The van der Waals surface area contributed by atoms with Gasteiger partial charge in [-0.1, -0.05) is 32.9 Å². The Kier molecular flexibility index (Phi) is 3.17. The van der Waals surface area contributed by atoms with E-state index in [1.54, 1.807) is 18.4 Å². The Morgan fingerprint density at radius 1 is 1.24 bits per heavy atom. The molecule has 2 heterocycles. The van der Waals surface area contributed by atoms with Crippen molar-refractivity contribution in [3.8, 4) is 17.0 Å². The van der Waals surface area contributed by atoms with E-state index in [4.69, 9.17) is 15.5 Å². The zero-order valence-corrected chi connectivity index (χ0v) is 13.5. The minimum atomic E-state index is -0.0755. The summed E-state index contributed by atoms with van der Waals surface area (Å²) in [6.45, 7) is 6.37. The van der Waals surface area contributed by atoms with E-state index < -0.39 is 0 Å². The second kappa shape index (κ2) is 4.77. The van der Waals surface area contributed by atoms with Gasteiger partial charge in [0.1, 0.15) is 11.6 Å². The lowest BCUT2D eigenvalue weighted by molar-refractivity contribution is 0.416. The van der Waals surface area contributed by atoms with Gasteiger partial charge >= 0.3 is 0 Å². The van der Waals surface area contributed by atoms with E-state index in [2.05, 4.69) is 26.2 Å². The quantitative estimate of drug-likeness (QED) is 0.779. The van der Waals surface area contributed by atoms with Crippen LogP contribution in [0.4, 0.5) is 5.82 Å². The third-order valence-corrected chi connectivity index (χ3v) is 4.32. The molecule has 0 aliphatic carbocycles. The van der Waals surface area contributed by atoms with Crippen LogP contribution < -0.4 is 10.5 Å². The molecule has 0 saturated heterocycles. The van der Waals surface area contributed by atoms with Gasteiger partial charge in [0.15, 0.2) is 4.96 Å². The van der Waals surface area contributed by atoms with E-state index in [1.165, 1.54) is 0 Å². The molecule has 3 aromatic rings. The van der Waals surface area contributed by atoms with Crippen LogP contribution in [0.2, 0.25) is 0 Å². The van der Waals surface area contributed by atoms with Gasteiger partial charge in [-0.3, -0.25) is 4.40 Å². The highest BCUT2D eigenvalue weighted by molar-refractivity contribution is 7.15. The highest BCUT2D eigenvalue weighted by Crippen LogP contribution is 2.37. The fourth-order valence-corrected chi connectivity index (χ4v) is 3.37. The van der Waals surface area contributed by atoms with Crippen LogP contribution in [0.15, 0.2) is 29.6 Å². The largest absolute Gasteiger partial charge is 0.496 e. The van der Waals surface area contributed by atoms with Crippen LogP contribution in [0.3, 0.4) is 0 Å². The fourth-order valence-electron chi connectivity index (χ4n) is 2.48. The molecule has 5 heteroatoms. The summed E-state index contributed by atoms with van der Waals surface area (Å²) >= 11 is 1.60. The van der Waals surface area contributed by atoms with E-state index >= 15 is 0 Å². The molecule has 3 rings (SSSR count). The van der Waals surface area contributed by atoms with Gasteiger partial charge in [-0.05, 0) is 12.1 Å². The van der Waals surface area contributed by atoms with Crippen LogP contribution in [-0.2, 0) is 5.41 Å². The fraction of sp³-hybridized carbons (Fsp3) is 0.312. The number of benzene rings is 1. The van der Waals surface area contributed by atoms with Crippen LogP contribution in [0.25, 0.3) is 16.2 Å².